The van der Waals surface area contributed by atoms with E-state index in [9.17, 15) is 4.79 Å². The van der Waals surface area contributed by atoms with E-state index in [1.54, 1.807) is 0 Å². The molecule has 24 heavy (non-hydrogen) atoms. The monoisotopic (exact) mass is 319 g/mol. The maximum Gasteiger partial charge on any atom is 0.228 e. The van der Waals surface area contributed by atoms with Crippen LogP contribution in [0.25, 0.3) is 0 Å². The molecule has 0 aliphatic heterocycles. The smallest absolute Gasteiger partial charge is 0.228 e. The Morgan fingerprint density at radius 1 is 1.00 bits per heavy atom. The molecule has 2 atom stereocenters. The molecule has 2 heteroatoms. The topological polar surface area (TPSA) is 29.1 Å². The molecule has 0 heterocycles. The Balaban J connectivity index is 1.52. The number of rotatable bonds is 3. The van der Waals surface area contributed by atoms with Crippen LogP contribution in [0.5, 0.6) is 0 Å². The number of hydrogen-bond acceptors (Lipinski definition) is 1. The first-order valence-corrected chi connectivity index (χ1v) is 9.08. The van der Waals surface area contributed by atoms with Gasteiger partial charge in [-0.2, -0.15) is 0 Å². The van der Waals surface area contributed by atoms with Crippen molar-refractivity contribution >= 4 is 11.6 Å². The van der Waals surface area contributed by atoms with Crippen LogP contribution in [0.3, 0.4) is 0 Å². The van der Waals surface area contributed by atoms with E-state index in [1.807, 2.05) is 6.07 Å². The molecule has 124 valence electrons. The second-order valence-electron chi connectivity index (χ2n) is 7.53. The first kappa shape index (κ1) is 15.4. The largest absolute Gasteiger partial charge is 0.326 e. The van der Waals surface area contributed by atoms with Crippen LogP contribution in [0.15, 0.2) is 48.5 Å². The summed E-state index contributed by atoms with van der Waals surface area (Å²) in [4.78, 5) is 12.9. The van der Waals surface area contributed by atoms with Gasteiger partial charge in [0.25, 0.3) is 0 Å². The second-order valence-corrected chi connectivity index (χ2v) is 7.53. The fourth-order valence-corrected chi connectivity index (χ4v) is 4.97. The SMILES string of the molecule is Cc1ccc(NC(=O)C2[C@H]3CCC[C@H]2C3c2ccccc2)c(C)c1. The molecule has 2 aliphatic rings. The van der Waals surface area contributed by atoms with Gasteiger partial charge in [-0.05, 0) is 61.6 Å². The molecule has 2 fully saturated rings. The lowest BCUT2D eigenvalue weighted by Gasteiger charge is -2.55. The quantitative estimate of drug-likeness (QED) is 0.840. The van der Waals surface area contributed by atoms with Gasteiger partial charge in [-0.15, -0.1) is 0 Å². The molecule has 0 spiro atoms. The standard InChI is InChI=1S/C22H25NO/c1-14-11-12-19(15(2)13-14)23-22(24)21-17-9-6-10-18(21)20(17)16-7-4-3-5-8-16/h3-5,7-8,11-13,17-18,20-21H,6,9-10H2,1-2H3,(H,23,24)/t17-,18-,20?,21?/m0/s1. The first-order valence-electron chi connectivity index (χ1n) is 9.08. The van der Waals surface area contributed by atoms with Crippen LogP contribution in [-0.2, 0) is 4.79 Å². The molecule has 1 amide bonds. The lowest BCUT2D eigenvalue weighted by molar-refractivity contribution is -0.135. The fraction of sp³-hybridized carbons (Fsp3) is 0.409. The molecular formula is C22H25NO. The minimum Gasteiger partial charge on any atom is -0.326 e. The highest BCUT2D eigenvalue weighted by Crippen LogP contribution is 2.60. The molecule has 2 bridgehead atoms. The molecule has 0 unspecified atom stereocenters. The molecule has 2 aliphatic carbocycles. The number of aryl methyl sites for hydroxylation is 2. The van der Waals surface area contributed by atoms with Crippen LogP contribution in [0.2, 0.25) is 0 Å². The Labute approximate surface area is 144 Å². The highest BCUT2D eigenvalue weighted by Gasteiger charge is 2.55. The van der Waals surface area contributed by atoms with Crippen molar-refractivity contribution in [2.45, 2.75) is 39.0 Å². The van der Waals surface area contributed by atoms with E-state index < -0.39 is 0 Å². The van der Waals surface area contributed by atoms with Crippen LogP contribution in [0, 0.1) is 31.6 Å². The summed E-state index contributed by atoms with van der Waals surface area (Å²) in [5.41, 5.74) is 4.76. The Hall–Kier alpha value is -2.09. The van der Waals surface area contributed by atoms with Gasteiger partial charge in [0.2, 0.25) is 5.91 Å². The molecule has 2 aromatic carbocycles. The van der Waals surface area contributed by atoms with Crippen LogP contribution >= 0.6 is 0 Å². The summed E-state index contributed by atoms with van der Waals surface area (Å²) in [7, 11) is 0. The Kier molecular flexibility index (Phi) is 3.91. The average Bonchev–Trinajstić information content (AvgIpc) is 2.59. The summed E-state index contributed by atoms with van der Waals surface area (Å²) >= 11 is 0. The number of amides is 1. The number of carbonyl (C=O) groups is 1. The van der Waals surface area contributed by atoms with Crippen molar-refractivity contribution in [1.29, 1.82) is 0 Å². The van der Waals surface area contributed by atoms with E-state index in [4.69, 9.17) is 0 Å². The van der Waals surface area contributed by atoms with Crippen LogP contribution in [-0.4, -0.2) is 5.91 Å². The van der Waals surface area contributed by atoms with Crippen LogP contribution in [0.4, 0.5) is 5.69 Å². The highest BCUT2D eigenvalue weighted by molar-refractivity contribution is 5.94. The number of nitrogens with one attached hydrogen (secondary N) is 1. The average molecular weight is 319 g/mol. The number of hydrogen-bond donors (Lipinski definition) is 1. The van der Waals surface area contributed by atoms with Crippen molar-refractivity contribution < 1.29 is 4.79 Å². The zero-order valence-corrected chi connectivity index (χ0v) is 14.5. The third kappa shape index (κ3) is 2.54. The van der Waals surface area contributed by atoms with Gasteiger partial charge in [0, 0.05) is 11.6 Å². The first-order chi connectivity index (χ1) is 11.6. The Morgan fingerprint density at radius 3 is 2.38 bits per heavy atom. The van der Waals surface area contributed by atoms with E-state index in [-0.39, 0.29) is 11.8 Å². The maximum atomic E-state index is 12.9. The van der Waals surface area contributed by atoms with Gasteiger partial charge in [-0.3, -0.25) is 4.79 Å². The van der Waals surface area contributed by atoms with Crippen molar-refractivity contribution in [3.05, 3.63) is 65.2 Å². The van der Waals surface area contributed by atoms with Gasteiger partial charge in [-0.25, -0.2) is 0 Å². The number of carbonyl (C=O) groups excluding carboxylic acids is 1. The van der Waals surface area contributed by atoms with E-state index in [0.29, 0.717) is 17.8 Å². The van der Waals surface area contributed by atoms with Gasteiger partial charge in [0.15, 0.2) is 0 Å². The van der Waals surface area contributed by atoms with Gasteiger partial charge >= 0.3 is 0 Å². The van der Waals surface area contributed by atoms with Crippen LogP contribution < -0.4 is 5.32 Å². The predicted octanol–water partition coefficient (Wildman–Crippen LogP) is 5.07. The van der Waals surface area contributed by atoms with Gasteiger partial charge in [0.05, 0.1) is 0 Å². The third-order valence-corrected chi connectivity index (χ3v) is 6.05. The Bertz CT molecular complexity index is 740. The molecule has 2 nitrogen and oxygen atoms in total. The van der Waals surface area contributed by atoms with E-state index in [2.05, 4.69) is 61.6 Å². The van der Waals surface area contributed by atoms with Crippen molar-refractivity contribution in [2.24, 2.45) is 17.8 Å². The second kappa shape index (κ2) is 6.08. The molecule has 2 saturated carbocycles. The number of fused-ring (bicyclic) bond motifs is 2. The lowest BCUT2D eigenvalue weighted by atomic mass is 9.48. The van der Waals surface area contributed by atoms with Crippen molar-refractivity contribution in [1.82, 2.24) is 0 Å². The number of benzene rings is 2. The normalized spacial score (nSPS) is 28.1. The molecule has 0 saturated heterocycles. The zero-order chi connectivity index (χ0) is 16.7. The predicted molar refractivity (Wildman–Crippen MR) is 98.0 cm³/mol. The minimum atomic E-state index is 0.185. The molecular weight excluding hydrogens is 294 g/mol. The summed E-state index contributed by atoms with van der Waals surface area (Å²) in [6, 6.07) is 17.0. The summed E-state index contributed by atoms with van der Waals surface area (Å²) in [6.45, 7) is 4.15. The fourth-order valence-electron chi connectivity index (χ4n) is 4.97. The summed E-state index contributed by atoms with van der Waals surface area (Å²) < 4.78 is 0. The maximum absolute atomic E-state index is 12.9. The Morgan fingerprint density at radius 2 is 1.71 bits per heavy atom. The van der Waals surface area contributed by atoms with Crippen LogP contribution in [0.1, 0.15) is 41.9 Å². The third-order valence-electron chi connectivity index (χ3n) is 6.05. The van der Waals surface area contributed by atoms with Gasteiger partial charge in [-0.1, -0.05) is 54.4 Å². The minimum absolute atomic E-state index is 0.185. The number of anilines is 1. The summed E-state index contributed by atoms with van der Waals surface area (Å²) in [6.07, 6.45) is 3.63. The molecule has 0 radical (unpaired) electrons. The highest BCUT2D eigenvalue weighted by atomic mass is 16.2. The molecule has 0 aromatic heterocycles. The summed E-state index contributed by atoms with van der Waals surface area (Å²) in [5.74, 6) is 2.01. The van der Waals surface area contributed by atoms with Crippen molar-refractivity contribution in [3.8, 4) is 0 Å². The van der Waals surface area contributed by atoms with Gasteiger partial charge < -0.3 is 5.32 Å². The van der Waals surface area contributed by atoms with Crippen molar-refractivity contribution in [3.63, 3.8) is 0 Å². The zero-order valence-electron chi connectivity index (χ0n) is 14.5. The lowest BCUT2D eigenvalue weighted by Crippen LogP contribution is -2.53. The van der Waals surface area contributed by atoms with E-state index in [1.165, 1.54) is 30.4 Å². The van der Waals surface area contributed by atoms with Gasteiger partial charge in [0.1, 0.15) is 0 Å². The summed E-state index contributed by atoms with van der Waals surface area (Å²) in [5, 5.41) is 3.20. The molecule has 1 N–H and O–H groups in total. The van der Waals surface area contributed by atoms with E-state index >= 15 is 0 Å². The molecule has 4 rings (SSSR count). The molecule has 2 aromatic rings. The van der Waals surface area contributed by atoms with E-state index in [0.717, 1.165) is 11.3 Å². The van der Waals surface area contributed by atoms with Crippen molar-refractivity contribution in [2.75, 3.05) is 5.32 Å².